The van der Waals surface area contributed by atoms with Crippen LogP contribution in [0.3, 0.4) is 0 Å². The molecule has 5 heteroatoms. The van der Waals surface area contributed by atoms with Crippen LogP contribution in [-0.2, 0) is 9.84 Å². The van der Waals surface area contributed by atoms with Gasteiger partial charge in [0.15, 0.2) is 9.84 Å². The molecule has 1 aromatic carbocycles. The van der Waals surface area contributed by atoms with Crippen LogP contribution in [0.15, 0.2) is 53.6 Å². The van der Waals surface area contributed by atoms with Crippen molar-refractivity contribution < 1.29 is 8.42 Å². The monoisotopic (exact) mass is 422 g/mol. The fourth-order valence-corrected chi connectivity index (χ4v) is 7.32. The Kier molecular flexibility index (Phi) is 5.40. The van der Waals surface area contributed by atoms with E-state index in [4.69, 9.17) is 0 Å². The Labute approximate surface area is 179 Å². The summed E-state index contributed by atoms with van der Waals surface area (Å²) in [7, 11) is -3.21. The van der Waals surface area contributed by atoms with E-state index in [1.165, 1.54) is 36.9 Å². The summed E-state index contributed by atoms with van der Waals surface area (Å²) in [5.41, 5.74) is 3.30. The second-order valence-corrected chi connectivity index (χ2v) is 11.4. The van der Waals surface area contributed by atoms with Crippen LogP contribution < -0.4 is 0 Å². The number of aromatic nitrogens is 2. The summed E-state index contributed by atoms with van der Waals surface area (Å²) in [5, 5.41) is 0.932. The average molecular weight is 423 g/mol. The van der Waals surface area contributed by atoms with Crippen LogP contribution in [-0.4, -0.2) is 23.6 Å². The van der Waals surface area contributed by atoms with Gasteiger partial charge in [0.05, 0.1) is 10.1 Å². The summed E-state index contributed by atoms with van der Waals surface area (Å²) in [4.78, 5) is 8.48. The van der Waals surface area contributed by atoms with Gasteiger partial charge in [-0.3, -0.25) is 0 Å². The largest absolute Gasteiger partial charge is 0.343 e. The van der Waals surface area contributed by atoms with Gasteiger partial charge in [-0.25, -0.2) is 13.4 Å². The summed E-state index contributed by atoms with van der Waals surface area (Å²) in [6.45, 7) is 0. The molecule has 0 amide bonds. The highest BCUT2D eigenvalue weighted by molar-refractivity contribution is 7.92. The van der Waals surface area contributed by atoms with Crippen LogP contribution in [0, 0.1) is 5.92 Å². The molecule has 2 saturated carbocycles. The zero-order valence-electron chi connectivity index (χ0n) is 17.4. The van der Waals surface area contributed by atoms with Gasteiger partial charge in [0, 0.05) is 23.2 Å². The highest BCUT2D eigenvalue weighted by Crippen LogP contribution is 2.39. The number of hydrogen-bond donors (Lipinski definition) is 1. The quantitative estimate of drug-likeness (QED) is 0.530. The molecule has 2 aromatic heterocycles. The number of sulfone groups is 1. The maximum Gasteiger partial charge on any atom is 0.181 e. The standard InChI is InChI=1S/C25H30N2O2S/c28-30(29,21-9-3-4-10-21)22-13-11-19(12-14-22)23(16-18-6-1-2-7-18)24-17-20-8-5-15-26-25(20)27-24/h5,8,11-15,17-18,21,23H,1-4,6-7,9-10,16H2,(H,26,27). The van der Waals surface area contributed by atoms with Gasteiger partial charge in [0.25, 0.3) is 0 Å². The van der Waals surface area contributed by atoms with Crippen molar-refractivity contribution in [2.45, 2.75) is 73.9 Å². The average Bonchev–Trinajstić information content (AvgIpc) is 3.53. The molecule has 1 N–H and O–H groups in total. The summed E-state index contributed by atoms with van der Waals surface area (Å²) in [6.07, 6.45) is 11.8. The summed E-state index contributed by atoms with van der Waals surface area (Å²) < 4.78 is 25.9. The minimum absolute atomic E-state index is 0.197. The Morgan fingerprint density at radius 3 is 2.37 bits per heavy atom. The number of benzene rings is 1. The van der Waals surface area contributed by atoms with E-state index in [2.05, 4.69) is 22.1 Å². The van der Waals surface area contributed by atoms with Crippen LogP contribution in [0.4, 0.5) is 0 Å². The fraction of sp³-hybridized carbons (Fsp3) is 0.480. The number of H-pyrrole nitrogens is 1. The summed E-state index contributed by atoms with van der Waals surface area (Å²) in [6, 6.07) is 14.0. The third kappa shape index (κ3) is 3.80. The minimum atomic E-state index is -3.21. The van der Waals surface area contributed by atoms with Crippen molar-refractivity contribution in [3.8, 4) is 0 Å². The molecule has 4 nitrogen and oxygen atoms in total. The molecular weight excluding hydrogens is 392 g/mol. The highest BCUT2D eigenvalue weighted by Gasteiger charge is 2.31. The van der Waals surface area contributed by atoms with Crippen molar-refractivity contribution in [3.63, 3.8) is 0 Å². The van der Waals surface area contributed by atoms with E-state index >= 15 is 0 Å². The van der Waals surface area contributed by atoms with E-state index in [0.717, 1.165) is 49.1 Å². The lowest BCUT2D eigenvalue weighted by Gasteiger charge is -2.21. The maximum atomic E-state index is 13.0. The number of nitrogens with zero attached hydrogens (tertiary/aromatic N) is 1. The minimum Gasteiger partial charge on any atom is -0.343 e. The van der Waals surface area contributed by atoms with Crippen LogP contribution in [0.25, 0.3) is 11.0 Å². The molecule has 1 atom stereocenters. The van der Waals surface area contributed by atoms with Gasteiger partial charge in [-0.2, -0.15) is 0 Å². The smallest absolute Gasteiger partial charge is 0.181 e. The van der Waals surface area contributed by atoms with Crippen LogP contribution >= 0.6 is 0 Å². The second-order valence-electron chi connectivity index (χ2n) is 9.13. The molecule has 2 fully saturated rings. The molecule has 2 aliphatic carbocycles. The van der Waals surface area contributed by atoms with Crippen molar-refractivity contribution >= 4 is 20.9 Å². The zero-order chi connectivity index (χ0) is 20.6. The fourth-order valence-electron chi connectivity index (χ4n) is 5.47. The van der Waals surface area contributed by atoms with E-state index in [1.807, 2.05) is 36.5 Å². The Balaban J connectivity index is 1.47. The zero-order valence-corrected chi connectivity index (χ0v) is 18.2. The van der Waals surface area contributed by atoms with Crippen LogP contribution in [0.1, 0.15) is 75.0 Å². The number of pyridine rings is 1. The first kappa shape index (κ1) is 19.8. The lowest BCUT2D eigenvalue weighted by atomic mass is 9.86. The topological polar surface area (TPSA) is 62.8 Å². The van der Waals surface area contributed by atoms with Crippen molar-refractivity contribution in [2.75, 3.05) is 0 Å². The Bertz CT molecular complexity index is 1070. The van der Waals surface area contributed by atoms with Gasteiger partial charge in [-0.05, 0) is 61.1 Å². The van der Waals surface area contributed by atoms with E-state index in [0.29, 0.717) is 4.90 Å². The first-order valence-electron chi connectivity index (χ1n) is 11.4. The Hall–Kier alpha value is -2.14. The third-order valence-electron chi connectivity index (χ3n) is 7.18. The van der Waals surface area contributed by atoms with Crippen molar-refractivity contribution in [1.82, 2.24) is 9.97 Å². The van der Waals surface area contributed by atoms with Gasteiger partial charge in [-0.1, -0.05) is 50.7 Å². The predicted molar refractivity (Wildman–Crippen MR) is 120 cm³/mol. The van der Waals surface area contributed by atoms with E-state index in [1.54, 1.807) is 0 Å². The van der Waals surface area contributed by atoms with Crippen molar-refractivity contribution in [1.29, 1.82) is 0 Å². The maximum absolute atomic E-state index is 13.0. The van der Waals surface area contributed by atoms with Gasteiger partial charge in [0.2, 0.25) is 0 Å². The summed E-state index contributed by atoms with van der Waals surface area (Å²) >= 11 is 0. The van der Waals surface area contributed by atoms with E-state index in [-0.39, 0.29) is 11.2 Å². The first-order valence-corrected chi connectivity index (χ1v) is 12.9. The number of aromatic amines is 1. The molecule has 0 bridgehead atoms. The molecule has 1 unspecified atom stereocenters. The number of hydrogen-bond acceptors (Lipinski definition) is 3. The van der Waals surface area contributed by atoms with Crippen LogP contribution in [0.5, 0.6) is 0 Å². The lowest BCUT2D eigenvalue weighted by Crippen LogP contribution is -2.18. The lowest BCUT2D eigenvalue weighted by molar-refractivity contribution is 0.469. The molecule has 0 saturated heterocycles. The Morgan fingerprint density at radius 2 is 1.67 bits per heavy atom. The van der Waals surface area contributed by atoms with Crippen LogP contribution in [0.2, 0.25) is 0 Å². The Morgan fingerprint density at radius 1 is 0.967 bits per heavy atom. The molecule has 158 valence electrons. The molecule has 2 heterocycles. The van der Waals surface area contributed by atoms with Gasteiger partial charge < -0.3 is 4.98 Å². The normalized spacial score (nSPS) is 19.6. The highest BCUT2D eigenvalue weighted by atomic mass is 32.2. The molecule has 3 aromatic rings. The van der Waals surface area contributed by atoms with Gasteiger partial charge in [0.1, 0.15) is 5.65 Å². The molecule has 2 aliphatic rings. The van der Waals surface area contributed by atoms with Crippen molar-refractivity contribution in [2.24, 2.45) is 5.92 Å². The molecule has 0 aliphatic heterocycles. The third-order valence-corrected chi connectivity index (χ3v) is 9.46. The van der Waals surface area contributed by atoms with E-state index < -0.39 is 9.84 Å². The van der Waals surface area contributed by atoms with Crippen molar-refractivity contribution in [3.05, 3.63) is 59.9 Å². The van der Waals surface area contributed by atoms with Gasteiger partial charge in [-0.15, -0.1) is 0 Å². The summed E-state index contributed by atoms with van der Waals surface area (Å²) in [5.74, 6) is 0.974. The molecule has 30 heavy (non-hydrogen) atoms. The second kappa shape index (κ2) is 8.18. The molecule has 0 radical (unpaired) electrons. The molecular formula is C25H30N2O2S. The van der Waals surface area contributed by atoms with E-state index in [9.17, 15) is 8.42 Å². The number of rotatable bonds is 6. The first-order chi connectivity index (χ1) is 14.6. The van der Waals surface area contributed by atoms with Gasteiger partial charge >= 0.3 is 0 Å². The molecule has 0 spiro atoms. The SMILES string of the molecule is O=S(=O)(c1ccc(C(CC2CCCC2)c2cc3cccnc3[nH]2)cc1)C1CCCC1. The number of fused-ring (bicyclic) bond motifs is 1. The molecule has 5 rings (SSSR count). The number of nitrogens with one attached hydrogen (secondary N) is 1. The predicted octanol–water partition coefficient (Wildman–Crippen LogP) is 5.99.